The molecule has 5 rings (SSSR count). The summed E-state index contributed by atoms with van der Waals surface area (Å²) in [4.78, 5) is 21.3. The standard InChI is InChI=1S/C25H35F3N4O3/c1-17-16-34-11-5-19(17)29-15-18-13-21-24(14-18,6-12-35-21)23(33)32-9-7-31(8-10-32)22-4-2-3-20(30-22)25(26,27)28/h2-4,17-19,21,29H,5-16H2,1H3/t17-,18-,19+,21-,24-/m1/s1. The number of alkyl halides is 3. The Morgan fingerprint density at radius 3 is 2.77 bits per heavy atom. The Bertz CT molecular complexity index is 908. The number of halogens is 3. The molecule has 1 aromatic heterocycles. The average molecular weight is 497 g/mol. The first kappa shape index (κ1) is 24.8. The third-order valence-corrected chi connectivity index (χ3v) is 8.34. The molecule has 1 saturated carbocycles. The lowest BCUT2D eigenvalue weighted by Gasteiger charge is -2.40. The predicted molar refractivity (Wildman–Crippen MR) is 124 cm³/mol. The van der Waals surface area contributed by atoms with Gasteiger partial charge < -0.3 is 24.6 Å². The van der Waals surface area contributed by atoms with Crippen LogP contribution in [0.15, 0.2) is 18.2 Å². The van der Waals surface area contributed by atoms with Gasteiger partial charge in [0.25, 0.3) is 0 Å². The molecule has 3 saturated heterocycles. The van der Waals surface area contributed by atoms with E-state index in [0.29, 0.717) is 56.5 Å². The number of ether oxygens (including phenoxy) is 2. The molecule has 1 aliphatic carbocycles. The Morgan fingerprint density at radius 1 is 1.23 bits per heavy atom. The van der Waals surface area contributed by atoms with E-state index in [2.05, 4.69) is 17.2 Å². The number of aromatic nitrogens is 1. The van der Waals surface area contributed by atoms with E-state index in [1.807, 2.05) is 9.80 Å². The van der Waals surface area contributed by atoms with Crippen molar-refractivity contribution < 1.29 is 27.4 Å². The number of amides is 1. The lowest BCUT2D eigenvalue weighted by atomic mass is 9.80. The molecular weight excluding hydrogens is 461 g/mol. The zero-order chi connectivity index (χ0) is 24.6. The van der Waals surface area contributed by atoms with Gasteiger partial charge in [-0.2, -0.15) is 13.2 Å². The molecule has 4 heterocycles. The van der Waals surface area contributed by atoms with Crippen LogP contribution in [0.4, 0.5) is 19.0 Å². The first-order valence-electron chi connectivity index (χ1n) is 12.8. The molecule has 0 unspecified atom stereocenters. The molecule has 0 spiro atoms. The quantitative estimate of drug-likeness (QED) is 0.676. The first-order chi connectivity index (χ1) is 16.8. The molecule has 10 heteroatoms. The number of rotatable bonds is 5. The van der Waals surface area contributed by atoms with Crippen molar-refractivity contribution in [2.75, 3.05) is 57.4 Å². The number of nitrogens with zero attached hydrogens (tertiary/aromatic N) is 3. The molecule has 3 aliphatic heterocycles. The van der Waals surface area contributed by atoms with E-state index in [-0.39, 0.29) is 12.0 Å². The molecule has 194 valence electrons. The SMILES string of the molecule is C[C@@H]1COCC[C@@H]1NC[C@@H]1C[C@H]2OCC[C@@]2(C(=O)N2CCN(c3cccc(C(F)(F)F)n3)CC2)C1. The Labute approximate surface area is 204 Å². The lowest BCUT2D eigenvalue weighted by molar-refractivity contribution is -0.144. The van der Waals surface area contributed by atoms with Crippen LogP contribution in [-0.4, -0.2) is 80.5 Å². The van der Waals surface area contributed by atoms with Gasteiger partial charge in [0, 0.05) is 45.4 Å². The van der Waals surface area contributed by atoms with E-state index in [1.165, 1.54) is 6.07 Å². The molecule has 7 nitrogen and oxygen atoms in total. The van der Waals surface area contributed by atoms with Crippen molar-refractivity contribution >= 4 is 11.7 Å². The molecule has 1 aromatic rings. The normalized spacial score (nSPS) is 33.7. The molecule has 35 heavy (non-hydrogen) atoms. The molecule has 4 fully saturated rings. The monoisotopic (exact) mass is 496 g/mol. The van der Waals surface area contributed by atoms with Crippen LogP contribution >= 0.6 is 0 Å². The summed E-state index contributed by atoms with van der Waals surface area (Å²) in [5.74, 6) is 1.34. The van der Waals surface area contributed by atoms with Gasteiger partial charge in [-0.1, -0.05) is 13.0 Å². The van der Waals surface area contributed by atoms with Crippen molar-refractivity contribution in [3.8, 4) is 0 Å². The lowest BCUT2D eigenvalue weighted by Crippen LogP contribution is -2.54. The summed E-state index contributed by atoms with van der Waals surface area (Å²) in [6.07, 6.45) is -1.03. The molecule has 0 bridgehead atoms. The number of piperazine rings is 1. The molecule has 5 atom stereocenters. The van der Waals surface area contributed by atoms with Gasteiger partial charge in [0.05, 0.1) is 18.1 Å². The summed E-state index contributed by atoms with van der Waals surface area (Å²) in [5, 5.41) is 3.72. The van der Waals surface area contributed by atoms with E-state index in [1.54, 1.807) is 6.07 Å². The smallest absolute Gasteiger partial charge is 0.381 e. The fourth-order valence-corrected chi connectivity index (χ4v) is 6.33. The second kappa shape index (κ2) is 9.86. The van der Waals surface area contributed by atoms with Crippen LogP contribution in [0, 0.1) is 17.3 Å². The highest BCUT2D eigenvalue weighted by Crippen LogP contribution is 2.51. The van der Waals surface area contributed by atoms with Crippen molar-refractivity contribution in [3.63, 3.8) is 0 Å². The van der Waals surface area contributed by atoms with Crippen LogP contribution in [0.3, 0.4) is 0 Å². The maximum Gasteiger partial charge on any atom is 0.433 e. The third kappa shape index (κ3) is 5.02. The minimum absolute atomic E-state index is 0.0444. The Morgan fingerprint density at radius 2 is 2.03 bits per heavy atom. The van der Waals surface area contributed by atoms with Crippen LogP contribution in [-0.2, 0) is 20.4 Å². The summed E-state index contributed by atoms with van der Waals surface area (Å²) in [5.41, 5.74) is -1.36. The minimum Gasteiger partial charge on any atom is -0.381 e. The van der Waals surface area contributed by atoms with Gasteiger partial charge in [-0.3, -0.25) is 4.79 Å². The topological polar surface area (TPSA) is 66.9 Å². The van der Waals surface area contributed by atoms with Crippen molar-refractivity contribution in [2.24, 2.45) is 17.3 Å². The number of nitrogens with one attached hydrogen (secondary N) is 1. The number of fused-ring (bicyclic) bond motifs is 1. The van der Waals surface area contributed by atoms with Gasteiger partial charge >= 0.3 is 6.18 Å². The van der Waals surface area contributed by atoms with Crippen molar-refractivity contribution in [2.45, 2.75) is 50.9 Å². The van der Waals surface area contributed by atoms with Crippen molar-refractivity contribution in [3.05, 3.63) is 23.9 Å². The first-order valence-corrected chi connectivity index (χ1v) is 12.8. The fourth-order valence-electron chi connectivity index (χ4n) is 6.33. The zero-order valence-corrected chi connectivity index (χ0v) is 20.2. The average Bonchev–Trinajstić information content (AvgIpc) is 3.41. The van der Waals surface area contributed by atoms with E-state index in [0.717, 1.165) is 51.5 Å². The van der Waals surface area contributed by atoms with Crippen LogP contribution in [0.25, 0.3) is 0 Å². The van der Waals surface area contributed by atoms with Gasteiger partial charge in [0.1, 0.15) is 11.5 Å². The minimum atomic E-state index is -4.47. The highest BCUT2D eigenvalue weighted by molar-refractivity contribution is 5.84. The molecule has 0 aromatic carbocycles. The van der Waals surface area contributed by atoms with Gasteiger partial charge in [-0.05, 0) is 56.2 Å². The fraction of sp³-hybridized carbons (Fsp3) is 0.760. The van der Waals surface area contributed by atoms with Gasteiger partial charge in [0.15, 0.2) is 0 Å². The van der Waals surface area contributed by atoms with Gasteiger partial charge in [0.2, 0.25) is 5.91 Å². The number of hydrogen-bond donors (Lipinski definition) is 1. The maximum atomic E-state index is 13.8. The molecule has 4 aliphatic rings. The zero-order valence-electron chi connectivity index (χ0n) is 20.2. The number of carbonyl (C=O) groups excluding carboxylic acids is 1. The maximum absolute atomic E-state index is 13.8. The molecule has 1 amide bonds. The molecule has 1 N–H and O–H groups in total. The highest BCUT2D eigenvalue weighted by Gasteiger charge is 2.57. The summed E-state index contributed by atoms with van der Waals surface area (Å²) < 4.78 is 50.8. The Kier molecular flexibility index (Phi) is 6.98. The van der Waals surface area contributed by atoms with Crippen LogP contribution in [0.2, 0.25) is 0 Å². The highest BCUT2D eigenvalue weighted by atomic mass is 19.4. The van der Waals surface area contributed by atoms with E-state index in [9.17, 15) is 18.0 Å². The summed E-state index contributed by atoms with van der Waals surface area (Å²) in [6, 6.07) is 4.42. The number of pyridine rings is 1. The Hall–Kier alpha value is -1.91. The number of carbonyl (C=O) groups is 1. The third-order valence-electron chi connectivity index (χ3n) is 8.34. The second-order valence-corrected chi connectivity index (χ2v) is 10.6. The predicted octanol–water partition coefficient (Wildman–Crippen LogP) is 2.95. The molecular formula is C25H35F3N4O3. The van der Waals surface area contributed by atoms with Crippen molar-refractivity contribution in [1.29, 1.82) is 0 Å². The van der Waals surface area contributed by atoms with Crippen molar-refractivity contribution in [1.82, 2.24) is 15.2 Å². The largest absolute Gasteiger partial charge is 0.433 e. The van der Waals surface area contributed by atoms with E-state index in [4.69, 9.17) is 9.47 Å². The summed E-state index contributed by atoms with van der Waals surface area (Å²) >= 11 is 0. The van der Waals surface area contributed by atoms with Gasteiger partial charge in [-0.15, -0.1) is 0 Å². The van der Waals surface area contributed by atoms with Crippen LogP contribution in [0.5, 0.6) is 0 Å². The summed E-state index contributed by atoms with van der Waals surface area (Å²) in [6.45, 7) is 7.19. The summed E-state index contributed by atoms with van der Waals surface area (Å²) in [7, 11) is 0. The second-order valence-electron chi connectivity index (χ2n) is 10.6. The number of anilines is 1. The molecule has 0 radical (unpaired) electrons. The number of hydrogen-bond acceptors (Lipinski definition) is 6. The Balaban J connectivity index is 1.18. The van der Waals surface area contributed by atoms with E-state index >= 15 is 0 Å². The van der Waals surface area contributed by atoms with E-state index < -0.39 is 17.3 Å². The van der Waals surface area contributed by atoms with Crippen LogP contribution < -0.4 is 10.2 Å². The van der Waals surface area contributed by atoms with Crippen LogP contribution in [0.1, 0.15) is 38.3 Å². The van der Waals surface area contributed by atoms with Gasteiger partial charge in [-0.25, -0.2) is 4.98 Å².